The molecule has 1 aromatic rings. The minimum atomic E-state index is -0.807. The van der Waals surface area contributed by atoms with Crippen molar-refractivity contribution in [2.24, 2.45) is 0 Å². The van der Waals surface area contributed by atoms with Gasteiger partial charge in [0, 0.05) is 24.3 Å². The van der Waals surface area contributed by atoms with Gasteiger partial charge in [-0.3, -0.25) is 19.2 Å². The number of hydrogen-bond acceptors (Lipinski definition) is 4. The molecule has 134 valence electrons. The van der Waals surface area contributed by atoms with Gasteiger partial charge in [-0.25, -0.2) is 0 Å². The summed E-state index contributed by atoms with van der Waals surface area (Å²) in [6, 6.07) is 0.347. The number of rotatable bonds is 8. The lowest BCUT2D eigenvalue weighted by molar-refractivity contribution is -0.139. The van der Waals surface area contributed by atoms with Gasteiger partial charge in [0.1, 0.15) is 0 Å². The van der Waals surface area contributed by atoms with Crippen LogP contribution in [0, 0.1) is 13.8 Å². The first-order chi connectivity index (χ1) is 11.4. The van der Waals surface area contributed by atoms with Crippen LogP contribution in [0.5, 0.6) is 0 Å². The van der Waals surface area contributed by atoms with Gasteiger partial charge in [-0.1, -0.05) is 13.8 Å². The summed E-state index contributed by atoms with van der Waals surface area (Å²) < 4.78 is 1.89. The molecule has 1 heterocycles. The molecule has 0 saturated heterocycles. The van der Waals surface area contributed by atoms with Gasteiger partial charge in [0.2, 0.25) is 0 Å². The molecule has 2 N–H and O–H groups in total. The van der Waals surface area contributed by atoms with Crippen LogP contribution in [0.15, 0.2) is 0 Å². The summed E-state index contributed by atoms with van der Waals surface area (Å²) in [4.78, 5) is 25.4. The maximum Gasteiger partial charge on any atom is 0.317 e. The van der Waals surface area contributed by atoms with Crippen LogP contribution in [0.3, 0.4) is 0 Å². The summed E-state index contributed by atoms with van der Waals surface area (Å²) in [5.41, 5.74) is 2.34. The number of hydrogen-bond donors (Lipinski definition) is 2. The van der Waals surface area contributed by atoms with Crippen molar-refractivity contribution in [2.45, 2.75) is 65.6 Å². The molecule has 1 saturated carbocycles. The summed E-state index contributed by atoms with van der Waals surface area (Å²) in [6.07, 6.45) is 2.58. The van der Waals surface area contributed by atoms with Crippen LogP contribution in [0.2, 0.25) is 0 Å². The first kappa shape index (κ1) is 18.4. The Kier molecular flexibility index (Phi) is 5.99. The SMILES string of the molecule is CCCn1nc(C)c(C(=O)NC2CC(N(CC)CC(=O)O)C2)c1C. The first-order valence-electron chi connectivity index (χ1n) is 8.68. The number of carboxylic acids is 1. The largest absolute Gasteiger partial charge is 0.480 e. The van der Waals surface area contributed by atoms with Crippen LogP contribution in [0.25, 0.3) is 0 Å². The van der Waals surface area contributed by atoms with Crippen molar-refractivity contribution in [3.63, 3.8) is 0 Å². The molecule has 7 heteroatoms. The van der Waals surface area contributed by atoms with Crippen LogP contribution in [-0.4, -0.2) is 56.8 Å². The molecule has 0 aliphatic heterocycles. The predicted octanol–water partition coefficient (Wildman–Crippen LogP) is 1.58. The van der Waals surface area contributed by atoms with E-state index in [0.29, 0.717) is 12.1 Å². The number of likely N-dealkylation sites (N-methyl/N-ethyl adjacent to an activating group) is 1. The van der Waals surface area contributed by atoms with Gasteiger partial charge in [0.25, 0.3) is 5.91 Å². The first-order valence-corrected chi connectivity index (χ1v) is 8.68. The van der Waals surface area contributed by atoms with E-state index in [0.717, 1.165) is 37.2 Å². The number of carboxylic acid groups (broad SMARTS) is 1. The van der Waals surface area contributed by atoms with E-state index in [9.17, 15) is 9.59 Å². The second-order valence-corrected chi connectivity index (χ2v) is 6.52. The van der Waals surface area contributed by atoms with E-state index < -0.39 is 5.97 Å². The van der Waals surface area contributed by atoms with Crippen LogP contribution in [0.4, 0.5) is 0 Å². The summed E-state index contributed by atoms with van der Waals surface area (Å²) in [6.45, 7) is 9.42. The number of aryl methyl sites for hydroxylation is 2. The fourth-order valence-corrected chi connectivity index (χ4v) is 3.39. The van der Waals surface area contributed by atoms with Gasteiger partial charge >= 0.3 is 5.97 Å². The van der Waals surface area contributed by atoms with Gasteiger partial charge in [-0.05, 0) is 39.7 Å². The van der Waals surface area contributed by atoms with E-state index in [1.807, 2.05) is 30.4 Å². The average Bonchev–Trinajstić information content (AvgIpc) is 2.75. The Morgan fingerprint density at radius 1 is 1.33 bits per heavy atom. The van der Waals surface area contributed by atoms with Crippen LogP contribution < -0.4 is 5.32 Å². The maximum atomic E-state index is 12.6. The standard InChI is InChI=1S/C17H28N4O3/c1-5-7-21-12(4)16(11(3)19-21)17(24)18-13-8-14(9-13)20(6-2)10-15(22)23/h13-14H,5-10H2,1-4H3,(H,18,24)(H,22,23). The Morgan fingerprint density at radius 2 is 2.00 bits per heavy atom. The van der Waals surface area contributed by atoms with Crippen molar-refractivity contribution in [3.05, 3.63) is 17.0 Å². The topological polar surface area (TPSA) is 87.5 Å². The van der Waals surface area contributed by atoms with Gasteiger partial charge in [0.05, 0.1) is 17.8 Å². The molecule has 0 radical (unpaired) electrons. The molecule has 1 amide bonds. The highest BCUT2D eigenvalue weighted by atomic mass is 16.4. The highest BCUT2D eigenvalue weighted by Crippen LogP contribution is 2.26. The Hall–Kier alpha value is -1.89. The third-order valence-corrected chi connectivity index (χ3v) is 4.75. The number of aromatic nitrogens is 2. The molecular formula is C17H28N4O3. The van der Waals surface area contributed by atoms with E-state index >= 15 is 0 Å². The molecule has 2 rings (SSSR count). The fourth-order valence-electron chi connectivity index (χ4n) is 3.39. The summed E-state index contributed by atoms with van der Waals surface area (Å²) in [5, 5.41) is 16.4. The van der Waals surface area contributed by atoms with E-state index in [2.05, 4.69) is 17.3 Å². The number of amides is 1. The zero-order valence-corrected chi connectivity index (χ0v) is 15.0. The number of aliphatic carboxylic acids is 1. The molecule has 0 spiro atoms. The predicted molar refractivity (Wildman–Crippen MR) is 91.2 cm³/mol. The molecule has 0 bridgehead atoms. The Morgan fingerprint density at radius 3 is 2.54 bits per heavy atom. The lowest BCUT2D eigenvalue weighted by Gasteiger charge is -2.42. The minimum absolute atomic E-state index is 0.0594. The molecule has 0 aromatic carbocycles. The van der Waals surface area contributed by atoms with E-state index in [1.165, 1.54) is 0 Å². The smallest absolute Gasteiger partial charge is 0.317 e. The average molecular weight is 336 g/mol. The molecule has 0 unspecified atom stereocenters. The monoisotopic (exact) mass is 336 g/mol. The van der Waals surface area contributed by atoms with Crippen molar-refractivity contribution < 1.29 is 14.7 Å². The van der Waals surface area contributed by atoms with E-state index in [1.54, 1.807) is 0 Å². The molecule has 1 aromatic heterocycles. The van der Waals surface area contributed by atoms with Crippen molar-refractivity contribution in [2.75, 3.05) is 13.1 Å². The number of nitrogens with one attached hydrogen (secondary N) is 1. The van der Waals surface area contributed by atoms with Crippen LogP contribution >= 0.6 is 0 Å². The van der Waals surface area contributed by atoms with E-state index in [-0.39, 0.29) is 24.5 Å². The third-order valence-electron chi connectivity index (χ3n) is 4.75. The number of nitrogens with zero attached hydrogens (tertiary/aromatic N) is 3. The Balaban J connectivity index is 1.92. The van der Waals surface area contributed by atoms with Gasteiger partial charge < -0.3 is 10.4 Å². The molecule has 1 aliphatic carbocycles. The van der Waals surface area contributed by atoms with Gasteiger partial charge in [-0.15, -0.1) is 0 Å². The zero-order valence-electron chi connectivity index (χ0n) is 15.0. The van der Waals surface area contributed by atoms with Crippen molar-refractivity contribution >= 4 is 11.9 Å². The van der Waals surface area contributed by atoms with Crippen molar-refractivity contribution in [1.82, 2.24) is 20.0 Å². The molecular weight excluding hydrogens is 308 g/mol. The second kappa shape index (κ2) is 7.79. The number of carbonyl (C=O) groups excluding carboxylic acids is 1. The van der Waals surface area contributed by atoms with E-state index in [4.69, 9.17) is 5.11 Å². The number of carbonyl (C=O) groups is 2. The van der Waals surface area contributed by atoms with Crippen LogP contribution in [-0.2, 0) is 11.3 Å². The maximum absolute atomic E-state index is 12.6. The van der Waals surface area contributed by atoms with Gasteiger partial charge in [0.15, 0.2) is 0 Å². The highest BCUT2D eigenvalue weighted by molar-refractivity contribution is 5.96. The molecule has 24 heavy (non-hydrogen) atoms. The normalized spacial score (nSPS) is 20.0. The Labute approximate surface area is 143 Å². The lowest BCUT2D eigenvalue weighted by Crippen LogP contribution is -2.54. The molecule has 1 aliphatic rings. The quantitative estimate of drug-likeness (QED) is 0.752. The molecule has 0 atom stereocenters. The lowest BCUT2D eigenvalue weighted by atomic mass is 9.85. The second-order valence-electron chi connectivity index (χ2n) is 6.52. The van der Waals surface area contributed by atoms with Crippen LogP contribution in [0.1, 0.15) is 54.9 Å². The summed E-state index contributed by atoms with van der Waals surface area (Å²) in [7, 11) is 0. The highest BCUT2D eigenvalue weighted by Gasteiger charge is 2.35. The molecule has 7 nitrogen and oxygen atoms in total. The fraction of sp³-hybridized carbons (Fsp3) is 0.706. The summed E-state index contributed by atoms with van der Waals surface area (Å²) >= 11 is 0. The summed E-state index contributed by atoms with van der Waals surface area (Å²) in [5.74, 6) is -0.879. The third kappa shape index (κ3) is 3.95. The molecule has 1 fully saturated rings. The van der Waals surface area contributed by atoms with Gasteiger partial charge in [-0.2, -0.15) is 5.10 Å². The van der Waals surface area contributed by atoms with Crippen molar-refractivity contribution in [1.29, 1.82) is 0 Å². The Bertz CT molecular complexity index is 605. The zero-order chi connectivity index (χ0) is 17.9. The minimum Gasteiger partial charge on any atom is -0.480 e. The van der Waals surface area contributed by atoms with Crippen molar-refractivity contribution in [3.8, 4) is 0 Å².